The van der Waals surface area contributed by atoms with Crippen LogP contribution >= 0.6 is 0 Å². The van der Waals surface area contributed by atoms with Gasteiger partial charge in [-0.2, -0.15) is 0 Å². The van der Waals surface area contributed by atoms with Crippen LogP contribution in [0.2, 0.25) is 0 Å². The van der Waals surface area contributed by atoms with Crippen LogP contribution < -0.4 is 19.1 Å². The number of rotatable bonds is 4. The highest BCUT2D eigenvalue weighted by molar-refractivity contribution is 5.50. The summed E-state index contributed by atoms with van der Waals surface area (Å²) in [6, 6.07) is 8.37. The number of methoxy groups -OCH3 is 1. The van der Waals surface area contributed by atoms with Gasteiger partial charge in [0.2, 0.25) is 5.88 Å². The quantitative estimate of drug-likeness (QED) is 0.819. The molecule has 0 bridgehead atoms. The zero-order valence-corrected chi connectivity index (χ0v) is 16.1. The number of fused-ring (bicyclic) bond motifs is 1. The molecule has 1 atom stereocenters. The third-order valence-corrected chi connectivity index (χ3v) is 5.21. The number of pyridine rings is 2. The van der Waals surface area contributed by atoms with Gasteiger partial charge in [0.15, 0.2) is 5.75 Å². The van der Waals surface area contributed by atoms with Gasteiger partial charge in [-0.05, 0) is 32.0 Å². The van der Waals surface area contributed by atoms with Gasteiger partial charge in [-0.25, -0.2) is 9.97 Å². The van der Waals surface area contributed by atoms with Crippen molar-refractivity contribution in [2.75, 3.05) is 51.4 Å². The average molecular weight is 370 g/mol. The molecular formula is C20H26N4O3. The fourth-order valence-electron chi connectivity index (χ4n) is 3.64. The van der Waals surface area contributed by atoms with Crippen molar-refractivity contribution in [2.45, 2.75) is 19.9 Å². The van der Waals surface area contributed by atoms with Crippen molar-refractivity contribution < 1.29 is 14.2 Å². The molecule has 1 saturated heterocycles. The lowest BCUT2D eigenvalue weighted by molar-refractivity contribution is 0.159. The van der Waals surface area contributed by atoms with Gasteiger partial charge in [0, 0.05) is 49.7 Å². The minimum atomic E-state index is 0.233. The Bertz CT molecular complexity index is 806. The SMILES string of the molecule is COc1cc(N2CCN([C@@H](C)c3ccc4c(n3)OCCO4)CC2)cc(C)n1. The summed E-state index contributed by atoms with van der Waals surface area (Å²) < 4.78 is 16.5. The summed E-state index contributed by atoms with van der Waals surface area (Å²) in [5.74, 6) is 2.02. The first-order valence-electron chi connectivity index (χ1n) is 9.42. The first kappa shape index (κ1) is 17.9. The van der Waals surface area contributed by atoms with E-state index < -0.39 is 0 Å². The van der Waals surface area contributed by atoms with Crippen LogP contribution in [0, 0.1) is 6.92 Å². The van der Waals surface area contributed by atoms with Crippen LogP contribution in [-0.2, 0) is 0 Å². The fraction of sp³-hybridized carbons (Fsp3) is 0.500. The second kappa shape index (κ2) is 7.60. The van der Waals surface area contributed by atoms with Crippen LogP contribution in [-0.4, -0.2) is 61.4 Å². The number of hydrogen-bond acceptors (Lipinski definition) is 7. The highest BCUT2D eigenvalue weighted by atomic mass is 16.6. The van der Waals surface area contributed by atoms with Gasteiger partial charge in [0.05, 0.1) is 12.8 Å². The molecule has 0 aliphatic carbocycles. The molecular weight excluding hydrogens is 344 g/mol. The molecule has 4 heterocycles. The Morgan fingerprint density at radius 1 is 1.04 bits per heavy atom. The van der Waals surface area contributed by atoms with E-state index in [9.17, 15) is 0 Å². The Morgan fingerprint density at radius 3 is 2.59 bits per heavy atom. The molecule has 0 spiro atoms. The molecule has 0 N–H and O–H groups in total. The molecule has 0 unspecified atom stereocenters. The summed E-state index contributed by atoms with van der Waals surface area (Å²) in [6.07, 6.45) is 0. The fourth-order valence-corrected chi connectivity index (χ4v) is 3.64. The average Bonchev–Trinajstić information content (AvgIpc) is 2.72. The summed E-state index contributed by atoms with van der Waals surface area (Å²) in [4.78, 5) is 13.9. The maximum atomic E-state index is 5.63. The zero-order valence-electron chi connectivity index (χ0n) is 16.1. The summed E-state index contributed by atoms with van der Waals surface area (Å²) in [7, 11) is 1.66. The van der Waals surface area contributed by atoms with E-state index in [1.807, 2.05) is 25.1 Å². The zero-order chi connectivity index (χ0) is 18.8. The molecule has 27 heavy (non-hydrogen) atoms. The maximum absolute atomic E-state index is 5.63. The predicted octanol–water partition coefficient (Wildman–Crippen LogP) is 2.45. The van der Waals surface area contributed by atoms with Crippen molar-refractivity contribution in [3.8, 4) is 17.5 Å². The molecule has 2 aliphatic rings. The Kier molecular flexibility index (Phi) is 5.03. The van der Waals surface area contributed by atoms with Crippen LogP contribution in [0.4, 0.5) is 5.69 Å². The molecule has 2 aromatic heterocycles. The number of aromatic nitrogens is 2. The lowest BCUT2D eigenvalue weighted by Gasteiger charge is -2.39. The van der Waals surface area contributed by atoms with E-state index in [2.05, 4.69) is 32.8 Å². The topological polar surface area (TPSA) is 60.0 Å². The van der Waals surface area contributed by atoms with E-state index >= 15 is 0 Å². The smallest absolute Gasteiger partial charge is 0.257 e. The van der Waals surface area contributed by atoms with E-state index in [-0.39, 0.29) is 6.04 Å². The highest BCUT2D eigenvalue weighted by Crippen LogP contribution is 2.31. The van der Waals surface area contributed by atoms with Gasteiger partial charge >= 0.3 is 0 Å². The van der Waals surface area contributed by atoms with Crippen molar-refractivity contribution in [1.29, 1.82) is 0 Å². The number of piperazine rings is 1. The van der Waals surface area contributed by atoms with Crippen LogP contribution in [0.3, 0.4) is 0 Å². The Labute approximate surface area is 159 Å². The van der Waals surface area contributed by atoms with E-state index in [1.54, 1.807) is 7.11 Å². The number of hydrogen-bond donors (Lipinski definition) is 0. The lowest BCUT2D eigenvalue weighted by Crippen LogP contribution is -2.47. The van der Waals surface area contributed by atoms with E-state index in [0.29, 0.717) is 25.0 Å². The van der Waals surface area contributed by atoms with E-state index in [4.69, 9.17) is 14.2 Å². The van der Waals surface area contributed by atoms with Crippen molar-refractivity contribution >= 4 is 5.69 Å². The molecule has 1 fully saturated rings. The molecule has 0 amide bonds. The predicted molar refractivity (Wildman–Crippen MR) is 103 cm³/mol. The van der Waals surface area contributed by atoms with Crippen molar-refractivity contribution in [2.24, 2.45) is 0 Å². The third kappa shape index (κ3) is 3.78. The van der Waals surface area contributed by atoms with Crippen LogP contribution in [0.1, 0.15) is 24.4 Å². The van der Waals surface area contributed by atoms with Gasteiger partial charge in [0.25, 0.3) is 5.88 Å². The summed E-state index contributed by atoms with van der Waals surface area (Å²) in [5.41, 5.74) is 3.17. The number of aryl methyl sites for hydroxylation is 1. The molecule has 0 aromatic carbocycles. The van der Waals surface area contributed by atoms with Gasteiger partial charge in [-0.15, -0.1) is 0 Å². The molecule has 0 saturated carbocycles. The summed E-state index contributed by atoms with van der Waals surface area (Å²) in [6.45, 7) is 9.21. The molecule has 7 nitrogen and oxygen atoms in total. The normalized spacial score (nSPS) is 18.3. The molecule has 2 aromatic rings. The van der Waals surface area contributed by atoms with Gasteiger partial charge in [-0.3, -0.25) is 4.90 Å². The number of anilines is 1. The monoisotopic (exact) mass is 370 g/mol. The standard InChI is InChI=1S/C20H26N4O3/c1-14-12-16(13-19(21-14)25-3)24-8-6-23(7-9-24)15(2)17-4-5-18-20(22-17)27-11-10-26-18/h4-5,12-13,15H,6-11H2,1-3H3/t15-/m0/s1. The van der Waals surface area contributed by atoms with Gasteiger partial charge in [0.1, 0.15) is 13.2 Å². The van der Waals surface area contributed by atoms with E-state index in [1.165, 1.54) is 5.69 Å². The second-order valence-electron chi connectivity index (χ2n) is 6.94. The second-order valence-corrected chi connectivity index (χ2v) is 6.94. The largest absolute Gasteiger partial charge is 0.484 e. The van der Waals surface area contributed by atoms with E-state index in [0.717, 1.165) is 43.3 Å². The minimum Gasteiger partial charge on any atom is -0.484 e. The summed E-state index contributed by atoms with van der Waals surface area (Å²) in [5, 5.41) is 0. The first-order valence-corrected chi connectivity index (χ1v) is 9.42. The van der Waals surface area contributed by atoms with Crippen LogP contribution in [0.25, 0.3) is 0 Å². The molecule has 0 radical (unpaired) electrons. The van der Waals surface area contributed by atoms with Gasteiger partial charge < -0.3 is 19.1 Å². The van der Waals surface area contributed by atoms with Crippen LogP contribution in [0.15, 0.2) is 24.3 Å². The molecule has 144 valence electrons. The van der Waals surface area contributed by atoms with Gasteiger partial charge in [-0.1, -0.05) is 0 Å². The van der Waals surface area contributed by atoms with Crippen molar-refractivity contribution in [1.82, 2.24) is 14.9 Å². The van der Waals surface area contributed by atoms with Crippen LogP contribution in [0.5, 0.6) is 17.5 Å². The highest BCUT2D eigenvalue weighted by Gasteiger charge is 2.25. The Balaban J connectivity index is 1.42. The Morgan fingerprint density at radius 2 is 1.81 bits per heavy atom. The molecule has 4 rings (SSSR count). The lowest BCUT2D eigenvalue weighted by atomic mass is 10.1. The van der Waals surface area contributed by atoms with Crippen molar-refractivity contribution in [3.05, 3.63) is 35.7 Å². The van der Waals surface area contributed by atoms with Crippen molar-refractivity contribution in [3.63, 3.8) is 0 Å². The molecule has 2 aliphatic heterocycles. The minimum absolute atomic E-state index is 0.233. The maximum Gasteiger partial charge on any atom is 0.257 e. The summed E-state index contributed by atoms with van der Waals surface area (Å²) >= 11 is 0. The number of nitrogens with zero attached hydrogens (tertiary/aromatic N) is 4. The Hall–Kier alpha value is -2.54. The third-order valence-electron chi connectivity index (χ3n) is 5.21. The number of ether oxygens (including phenoxy) is 3. The first-order chi connectivity index (χ1) is 13.1. The molecule has 7 heteroatoms.